The van der Waals surface area contributed by atoms with Gasteiger partial charge in [-0.1, -0.05) is 29.8 Å². The molecule has 0 radical (unpaired) electrons. The lowest BCUT2D eigenvalue weighted by molar-refractivity contribution is 0.116. The Balaban J connectivity index is 1.91. The summed E-state index contributed by atoms with van der Waals surface area (Å²) >= 11 is 0. The van der Waals surface area contributed by atoms with Crippen LogP contribution in [0.25, 0.3) is 0 Å². The van der Waals surface area contributed by atoms with Crippen LogP contribution in [0.5, 0.6) is 0 Å². The molecule has 2 N–H and O–H groups in total. The van der Waals surface area contributed by atoms with Crippen molar-refractivity contribution in [1.82, 2.24) is 20.4 Å². The third-order valence-electron chi connectivity index (χ3n) is 4.33. The van der Waals surface area contributed by atoms with Gasteiger partial charge in [-0.3, -0.25) is 4.90 Å². The van der Waals surface area contributed by atoms with Gasteiger partial charge in [0.15, 0.2) is 5.96 Å². The van der Waals surface area contributed by atoms with Gasteiger partial charge in [0.2, 0.25) is 0 Å². The zero-order chi connectivity index (χ0) is 16.7. The first-order chi connectivity index (χ1) is 11.1. The van der Waals surface area contributed by atoms with E-state index in [0.29, 0.717) is 12.6 Å². The van der Waals surface area contributed by atoms with E-state index in [9.17, 15) is 0 Å². The van der Waals surface area contributed by atoms with Crippen molar-refractivity contribution >= 4 is 5.96 Å². The maximum Gasteiger partial charge on any atom is 0.191 e. The summed E-state index contributed by atoms with van der Waals surface area (Å²) in [6.07, 6.45) is 0. The average Bonchev–Trinajstić information content (AvgIpc) is 2.53. The standard InChI is InChI=1S/C18H31N5/c1-5-19-18(20-12-16-8-6-7-15(2)11-16)21-13-17-14-22(3)9-10-23(17)4/h6-8,11,17H,5,9-10,12-14H2,1-4H3,(H2,19,20,21). The predicted molar refractivity (Wildman–Crippen MR) is 97.9 cm³/mol. The van der Waals surface area contributed by atoms with E-state index in [0.717, 1.165) is 38.7 Å². The minimum absolute atomic E-state index is 0.525. The van der Waals surface area contributed by atoms with Gasteiger partial charge in [0, 0.05) is 38.8 Å². The number of likely N-dealkylation sites (N-methyl/N-ethyl adjacent to an activating group) is 2. The second-order valence-corrected chi connectivity index (χ2v) is 6.46. The Hall–Kier alpha value is -1.59. The second-order valence-electron chi connectivity index (χ2n) is 6.46. The van der Waals surface area contributed by atoms with Crippen LogP contribution in [-0.2, 0) is 6.54 Å². The van der Waals surface area contributed by atoms with Crippen LogP contribution in [0.1, 0.15) is 18.1 Å². The lowest BCUT2D eigenvalue weighted by Gasteiger charge is -2.37. The van der Waals surface area contributed by atoms with E-state index in [2.05, 4.69) is 72.6 Å². The van der Waals surface area contributed by atoms with Gasteiger partial charge in [0.25, 0.3) is 0 Å². The summed E-state index contributed by atoms with van der Waals surface area (Å²) in [5, 5.41) is 6.84. The van der Waals surface area contributed by atoms with E-state index in [4.69, 9.17) is 4.99 Å². The Kier molecular flexibility index (Phi) is 6.86. The molecule has 1 aliphatic heterocycles. The first-order valence-corrected chi connectivity index (χ1v) is 8.55. The molecule has 1 fully saturated rings. The predicted octanol–water partition coefficient (Wildman–Crippen LogP) is 1.30. The van der Waals surface area contributed by atoms with Crippen LogP contribution in [0, 0.1) is 6.92 Å². The minimum atomic E-state index is 0.525. The van der Waals surface area contributed by atoms with Crippen molar-refractivity contribution in [1.29, 1.82) is 0 Å². The quantitative estimate of drug-likeness (QED) is 0.634. The first-order valence-electron chi connectivity index (χ1n) is 8.55. The summed E-state index contributed by atoms with van der Waals surface area (Å²) in [7, 11) is 4.40. The van der Waals surface area contributed by atoms with Gasteiger partial charge < -0.3 is 15.5 Å². The molecular formula is C18H31N5. The van der Waals surface area contributed by atoms with Gasteiger partial charge >= 0.3 is 0 Å². The van der Waals surface area contributed by atoms with Gasteiger partial charge in [0.05, 0.1) is 6.54 Å². The lowest BCUT2D eigenvalue weighted by atomic mass is 10.1. The molecule has 128 valence electrons. The number of hydrogen-bond acceptors (Lipinski definition) is 3. The SMILES string of the molecule is CCNC(=NCc1cccc(C)c1)NCC1CN(C)CCN1C. The summed E-state index contributed by atoms with van der Waals surface area (Å²) in [4.78, 5) is 9.54. The topological polar surface area (TPSA) is 42.9 Å². The molecule has 0 aliphatic carbocycles. The molecule has 0 spiro atoms. The van der Waals surface area contributed by atoms with Crippen molar-refractivity contribution in [3.05, 3.63) is 35.4 Å². The lowest BCUT2D eigenvalue weighted by Crippen LogP contribution is -2.55. The summed E-state index contributed by atoms with van der Waals surface area (Å²) in [6, 6.07) is 9.05. The molecule has 1 unspecified atom stereocenters. The number of benzene rings is 1. The molecule has 0 aromatic heterocycles. The summed E-state index contributed by atoms with van der Waals surface area (Å²) in [5.74, 6) is 0.899. The molecule has 23 heavy (non-hydrogen) atoms. The van der Waals surface area contributed by atoms with Crippen LogP contribution >= 0.6 is 0 Å². The van der Waals surface area contributed by atoms with E-state index in [1.54, 1.807) is 0 Å². The normalized spacial score (nSPS) is 20.5. The molecule has 2 rings (SSSR count). The van der Waals surface area contributed by atoms with E-state index >= 15 is 0 Å². The van der Waals surface area contributed by atoms with E-state index in [-0.39, 0.29) is 0 Å². The van der Waals surface area contributed by atoms with E-state index in [1.807, 2.05) is 0 Å². The fraction of sp³-hybridized carbons (Fsp3) is 0.611. The van der Waals surface area contributed by atoms with Crippen LogP contribution in [-0.4, -0.2) is 68.6 Å². The van der Waals surface area contributed by atoms with Crippen LogP contribution in [0.15, 0.2) is 29.3 Å². The largest absolute Gasteiger partial charge is 0.357 e. The smallest absolute Gasteiger partial charge is 0.191 e. The molecule has 1 heterocycles. The zero-order valence-corrected chi connectivity index (χ0v) is 15.0. The van der Waals surface area contributed by atoms with Gasteiger partial charge in [-0.2, -0.15) is 0 Å². The number of piperazine rings is 1. The number of nitrogens with one attached hydrogen (secondary N) is 2. The van der Waals surface area contributed by atoms with Crippen molar-refractivity contribution in [3.8, 4) is 0 Å². The highest BCUT2D eigenvalue weighted by molar-refractivity contribution is 5.79. The Bertz CT molecular complexity index is 514. The summed E-state index contributed by atoms with van der Waals surface area (Å²) < 4.78 is 0. The van der Waals surface area contributed by atoms with Crippen molar-refractivity contribution < 1.29 is 0 Å². The number of hydrogen-bond donors (Lipinski definition) is 2. The van der Waals surface area contributed by atoms with Crippen molar-refractivity contribution in [2.75, 3.05) is 46.8 Å². The molecule has 0 amide bonds. The molecule has 1 aromatic carbocycles. The fourth-order valence-electron chi connectivity index (χ4n) is 2.86. The highest BCUT2D eigenvalue weighted by atomic mass is 15.3. The second kappa shape index (κ2) is 8.89. The number of nitrogens with zero attached hydrogens (tertiary/aromatic N) is 3. The van der Waals surface area contributed by atoms with Crippen molar-refractivity contribution in [3.63, 3.8) is 0 Å². The summed E-state index contributed by atoms with van der Waals surface area (Å²) in [6.45, 7) is 10.1. The number of aliphatic imine (C=N–C) groups is 1. The van der Waals surface area contributed by atoms with Gasteiger partial charge in [-0.05, 0) is 33.5 Å². The van der Waals surface area contributed by atoms with Crippen LogP contribution in [0.4, 0.5) is 0 Å². The fourth-order valence-corrected chi connectivity index (χ4v) is 2.86. The summed E-state index contributed by atoms with van der Waals surface area (Å²) in [5.41, 5.74) is 2.53. The molecule has 0 saturated carbocycles. The monoisotopic (exact) mass is 317 g/mol. The Morgan fingerprint density at radius 3 is 2.83 bits per heavy atom. The Morgan fingerprint density at radius 2 is 2.09 bits per heavy atom. The van der Waals surface area contributed by atoms with E-state index in [1.165, 1.54) is 11.1 Å². The molecule has 0 bridgehead atoms. The van der Waals surface area contributed by atoms with Gasteiger partial charge in [-0.25, -0.2) is 4.99 Å². The minimum Gasteiger partial charge on any atom is -0.357 e. The molecule has 5 nitrogen and oxygen atoms in total. The van der Waals surface area contributed by atoms with Gasteiger partial charge in [0.1, 0.15) is 0 Å². The molecule has 1 atom stereocenters. The number of rotatable bonds is 5. The van der Waals surface area contributed by atoms with Crippen molar-refractivity contribution in [2.45, 2.75) is 26.4 Å². The Morgan fingerprint density at radius 1 is 1.26 bits per heavy atom. The maximum absolute atomic E-state index is 4.72. The third-order valence-corrected chi connectivity index (χ3v) is 4.33. The average molecular weight is 317 g/mol. The number of aryl methyl sites for hydroxylation is 1. The highest BCUT2D eigenvalue weighted by Gasteiger charge is 2.21. The van der Waals surface area contributed by atoms with E-state index < -0.39 is 0 Å². The number of guanidine groups is 1. The zero-order valence-electron chi connectivity index (χ0n) is 15.0. The van der Waals surface area contributed by atoms with Crippen molar-refractivity contribution in [2.24, 2.45) is 4.99 Å². The van der Waals surface area contributed by atoms with Gasteiger partial charge in [-0.15, -0.1) is 0 Å². The first kappa shape index (κ1) is 17.8. The van der Waals surface area contributed by atoms with Crippen LogP contribution < -0.4 is 10.6 Å². The maximum atomic E-state index is 4.72. The molecule has 5 heteroatoms. The molecular weight excluding hydrogens is 286 g/mol. The highest BCUT2D eigenvalue weighted by Crippen LogP contribution is 2.06. The van der Waals surface area contributed by atoms with Crippen LogP contribution in [0.2, 0.25) is 0 Å². The molecule has 1 aromatic rings. The third kappa shape index (κ3) is 5.84. The Labute approximate surface area is 140 Å². The molecule has 1 aliphatic rings. The van der Waals surface area contributed by atoms with Crippen LogP contribution in [0.3, 0.4) is 0 Å². The molecule has 1 saturated heterocycles.